The minimum absolute atomic E-state index is 0.0248. The number of nitro groups is 1. The lowest BCUT2D eigenvalue weighted by Crippen LogP contribution is -2.09. The Morgan fingerprint density at radius 2 is 2.20 bits per heavy atom. The molecule has 2 rings (SSSR count). The molecule has 0 aromatic carbocycles. The summed E-state index contributed by atoms with van der Waals surface area (Å²) in [5.41, 5.74) is 0.0248. The lowest BCUT2D eigenvalue weighted by molar-refractivity contribution is -0.384. The molecule has 1 unspecified atom stereocenters. The Morgan fingerprint density at radius 1 is 1.45 bits per heavy atom. The fourth-order valence-corrected chi connectivity index (χ4v) is 2.53. The van der Waals surface area contributed by atoms with Crippen LogP contribution in [0.25, 0.3) is 0 Å². The zero-order valence-corrected chi connectivity index (χ0v) is 12.1. The molecule has 20 heavy (non-hydrogen) atoms. The molecule has 0 bridgehead atoms. The maximum absolute atomic E-state index is 10.9. The number of thiophene rings is 1. The van der Waals surface area contributed by atoms with Crippen molar-refractivity contribution in [2.24, 2.45) is 0 Å². The Labute approximate surface area is 121 Å². The first-order valence-corrected chi connectivity index (χ1v) is 7.18. The van der Waals surface area contributed by atoms with Crippen LogP contribution in [0.1, 0.15) is 24.8 Å². The Morgan fingerprint density at radius 3 is 2.80 bits per heavy atom. The number of nitrogens with zero attached hydrogens (tertiary/aromatic N) is 2. The molecule has 0 saturated heterocycles. The Balaban J connectivity index is 2.23. The van der Waals surface area contributed by atoms with Crippen molar-refractivity contribution >= 4 is 28.7 Å². The molecule has 2 heterocycles. The maximum Gasteiger partial charge on any atom is 0.276 e. The van der Waals surface area contributed by atoms with Gasteiger partial charge in [-0.3, -0.25) is 10.1 Å². The maximum atomic E-state index is 10.9. The monoisotopic (exact) mass is 292 g/mol. The van der Waals surface area contributed by atoms with Gasteiger partial charge in [-0.1, -0.05) is 6.07 Å². The first-order valence-electron chi connectivity index (χ1n) is 6.30. The van der Waals surface area contributed by atoms with Gasteiger partial charge < -0.3 is 10.6 Å². The van der Waals surface area contributed by atoms with Crippen molar-refractivity contribution in [2.75, 3.05) is 17.2 Å². The van der Waals surface area contributed by atoms with Crippen molar-refractivity contribution < 1.29 is 4.92 Å². The lowest BCUT2D eigenvalue weighted by Gasteiger charge is -2.14. The SMILES string of the molecule is CCNc1cc([N+](=O)[O-])cc(NC(C)c2cccs2)n1. The van der Waals surface area contributed by atoms with Crippen LogP contribution in [0.5, 0.6) is 0 Å². The summed E-state index contributed by atoms with van der Waals surface area (Å²) in [6, 6.07) is 6.93. The smallest absolute Gasteiger partial charge is 0.276 e. The summed E-state index contributed by atoms with van der Waals surface area (Å²) in [5, 5.41) is 19.1. The van der Waals surface area contributed by atoms with Crippen LogP contribution in [-0.4, -0.2) is 16.5 Å². The van der Waals surface area contributed by atoms with Gasteiger partial charge in [-0.25, -0.2) is 4.98 Å². The van der Waals surface area contributed by atoms with Crippen molar-refractivity contribution in [2.45, 2.75) is 19.9 Å². The molecule has 1 atom stereocenters. The van der Waals surface area contributed by atoms with E-state index in [-0.39, 0.29) is 11.7 Å². The first kappa shape index (κ1) is 14.3. The van der Waals surface area contributed by atoms with Crippen molar-refractivity contribution in [1.29, 1.82) is 0 Å². The fraction of sp³-hybridized carbons (Fsp3) is 0.308. The van der Waals surface area contributed by atoms with Crippen LogP contribution < -0.4 is 10.6 Å². The summed E-state index contributed by atoms with van der Waals surface area (Å²) in [5.74, 6) is 0.999. The quantitative estimate of drug-likeness (QED) is 0.627. The molecule has 0 radical (unpaired) electrons. The van der Waals surface area contributed by atoms with Gasteiger partial charge in [-0.05, 0) is 25.3 Å². The van der Waals surface area contributed by atoms with E-state index in [2.05, 4.69) is 15.6 Å². The topological polar surface area (TPSA) is 80.1 Å². The molecule has 0 amide bonds. The molecule has 0 aliphatic carbocycles. The number of anilines is 2. The van der Waals surface area contributed by atoms with Crippen LogP contribution in [0.2, 0.25) is 0 Å². The van der Waals surface area contributed by atoms with Crippen LogP contribution in [-0.2, 0) is 0 Å². The molecule has 0 saturated carbocycles. The molecule has 6 nitrogen and oxygen atoms in total. The number of hydrogen-bond donors (Lipinski definition) is 2. The van der Waals surface area contributed by atoms with Crippen LogP contribution in [0.3, 0.4) is 0 Å². The second kappa shape index (κ2) is 6.33. The highest BCUT2D eigenvalue weighted by molar-refractivity contribution is 7.10. The zero-order valence-electron chi connectivity index (χ0n) is 11.3. The molecule has 0 fully saturated rings. The second-order valence-electron chi connectivity index (χ2n) is 4.26. The highest BCUT2D eigenvalue weighted by Gasteiger charge is 2.13. The lowest BCUT2D eigenvalue weighted by atomic mass is 10.2. The van der Waals surface area contributed by atoms with Crippen LogP contribution in [0, 0.1) is 10.1 Å². The average Bonchev–Trinajstić information content (AvgIpc) is 2.92. The molecule has 7 heteroatoms. The third kappa shape index (κ3) is 3.45. The van der Waals surface area contributed by atoms with Gasteiger partial charge in [-0.2, -0.15) is 0 Å². The molecule has 0 aliphatic rings. The average molecular weight is 292 g/mol. The first-order chi connectivity index (χ1) is 9.60. The van der Waals surface area contributed by atoms with Crippen LogP contribution in [0.15, 0.2) is 29.6 Å². The Kier molecular flexibility index (Phi) is 4.52. The Bertz CT molecular complexity index is 586. The number of rotatable bonds is 6. The number of aromatic nitrogens is 1. The zero-order chi connectivity index (χ0) is 14.5. The van der Waals surface area contributed by atoms with Gasteiger partial charge in [0.15, 0.2) is 0 Å². The molecular formula is C13H16N4O2S. The normalized spacial score (nSPS) is 11.9. The third-order valence-corrected chi connectivity index (χ3v) is 3.77. The summed E-state index contributed by atoms with van der Waals surface area (Å²) >= 11 is 1.64. The summed E-state index contributed by atoms with van der Waals surface area (Å²) in [4.78, 5) is 16.0. The predicted molar refractivity (Wildman–Crippen MR) is 81.4 cm³/mol. The van der Waals surface area contributed by atoms with E-state index in [9.17, 15) is 10.1 Å². The van der Waals surface area contributed by atoms with E-state index >= 15 is 0 Å². The van der Waals surface area contributed by atoms with E-state index in [0.717, 1.165) is 4.88 Å². The van der Waals surface area contributed by atoms with E-state index in [1.165, 1.54) is 12.1 Å². The molecular weight excluding hydrogens is 276 g/mol. The van der Waals surface area contributed by atoms with Gasteiger partial charge in [0.2, 0.25) is 0 Å². The minimum Gasteiger partial charge on any atom is -0.370 e. The van der Waals surface area contributed by atoms with Crippen molar-refractivity contribution in [3.05, 3.63) is 44.6 Å². The number of pyridine rings is 1. The van der Waals surface area contributed by atoms with Crippen molar-refractivity contribution in [3.63, 3.8) is 0 Å². The largest absolute Gasteiger partial charge is 0.370 e. The van der Waals surface area contributed by atoms with E-state index in [4.69, 9.17) is 0 Å². The van der Waals surface area contributed by atoms with Gasteiger partial charge in [0, 0.05) is 11.4 Å². The van der Waals surface area contributed by atoms with Gasteiger partial charge in [-0.15, -0.1) is 11.3 Å². The van der Waals surface area contributed by atoms with E-state index in [0.29, 0.717) is 18.2 Å². The van der Waals surface area contributed by atoms with E-state index in [1.807, 2.05) is 31.4 Å². The molecule has 0 aliphatic heterocycles. The van der Waals surface area contributed by atoms with Gasteiger partial charge in [0.25, 0.3) is 5.69 Å². The van der Waals surface area contributed by atoms with Crippen molar-refractivity contribution in [3.8, 4) is 0 Å². The standard InChI is InChI=1S/C13H16N4O2S/c1-3-14-12-7-10(17(18)19)8-13(16-12)15-9(2)11-5-4-6-20-11/h4-9H,3H2,1-2H3,(H2,14,15,16). The minimum atomic E-state index is -0.413. The number of hydrogen-bond acceptors (Lipinski definition) is 6. The molecule has 106 valence electrons. The fourth-order valence-electron chi connectivity index (χ4n) is 1.80. The summed E-state index contributed by atoms with van der Waals surface area (Å²) in [6.07, 6.45) is 0. The highest BCUT2D eigenvalue weighted by Crippen LogP contribution is 2.26. The van der Waals surface area contributed by atoms with Gasteiger partial charge in [0.1, 0.15) is 11.6 Å². The molecule has 2 aromatic heterocycles. The van der Waals surface area contributed by atoms with E-state index in [1.54, 1.807) is 11.3 Å². The van der Waals surface area contributed by atoms with E-state index < -0.39 is 4.92 Å². The highest BCUT2D eigenvalue weighted by atomic mass is 32.1. The summed E-state index contributed by atoms with van der Waals surface area (Å²) < 4.78 is 0. The summed E-state index contributed by atoms with van der Waals surface area (Å²) in [7, 11) is 0. The van der Waals surface area contributed by atoms with Crippen molar-refractivity contribution in [1.82, 2.24) is 4.98 Å². The molecule has 0 spiro atoms. The second-order valence-corrected chi connectivity index (χ2v) is 5.24. The van der Waals surface area contributed by atoms with Crippen LogP contribution in [0.4, 0.5) is 17.3 Å². The third-order valence-electron chi connectivity index (χ3n) is 2.71. The molecule has 2 N–H and O–H groups in total. The van der Waals surface area contributed by atoms with Crippen LogP contribution >= 0.6 is 11.3 Å². The predicted octanol–water partition coefficient (Wildman–Crippen LogP) is 3.66. The van der Waals surface area contributed by atoms with Gasteiger partial charge in [0.05, 0.1) is 23.1 Å². The summed E-state index contributed by atoms with van der Waals surface area (Å²) in [6.45, 7) is 4.58. The molecule has 2 aromatic rings. The van der Waals surface area contributed by atoms with Gasteiger partial charge >= 0.3 is 0 Å². The Hall–Kier alpha value is -2.15. The number of nitrogens with one attached hydrogen (secondary N) is 2.